The van der Waals surface area contributed by atoms with Gasteiger partial charge in [-0.1, -0.05) is 30.3 Å². The zero-order chi connectivity index (χ0) is 24.6. The Balaban J connectivity index is 0.000000479. The van der Waals surface area contributed by atoms with Crippen molar-refractivity contribution in [3.05, 3.63) is 54.2 Å². The second-order valence-electron chi connectivity index (χ2n) is 7.11. The molecule has 1 saturated heterocycles. The zero-order valence-corrected chi connectivity index (χ0v) is 18.3. The van der Waals surface area contributed by atoms with Crippen molar-refractivity contribution in [2.75, 3.05) is 18.4 Å². The van der Waals surface area contributed by atoms with E-state index in [0.717, 1.165) is 18.5 Å². The van der Waals surface area contributed by atoms with Crippen LogP contribution in [0.5, 0.6) is 0 Å². The fraction of sp³-hybridized carbons (Fsp3) is 0.350. The molecule has 1 aliphatic heterocycles. The van der Waals surface area contributed by atoms with Crippen LogP contribution in [0.3, 0.4) is 0 Å². The van der Waals surface area contributed by atoms with Crippen molar-refractivity contribution >= 4 is 27.7 Å². The molecule has 1 unspecified atom stereocenters. The Morgan fingerprint density at radius 3 is 2.30 bits per heavy atom. The highest BCUT2D eigenvalue weighted by atomic mass is 32.2. The Kier molecular flexibility index (Phi) is 8.91. The Bertz CT molecular complexity index is 1040. The second-order valence-corrected chi connectivity index (χ2v) is 8.83. The number of aliphatic carboxylic acids is 1. The molecular weight excluding hydrogens is 465 g/mol. The minimum Gasteiger partial charge on any atom is -0.475 e. The standard InChI is InChI=1S/C18H22N4O3S.C2HF3O2/c1-13(14-5-3-2-4-6-14)22-26(24,25)16-7-8-17(20-12-16)21-18(23)15-9-10-19-11-15;3-2(4,5)1(6)7/h2-8,12-13,15,19,22H,9-11H2,1H3,(H,20,21,23);(H,6,7)/t13?,15-;/m0./s1. The maximum absolute atomic E-state index is 12.5. The van der Waals surface area contributed by atoms with Gasteiger partial charge >= 0.3 is 12.1 Å². The van der Waals surface area contributed by atoms with Gasteiger partial charge in [0.2, 0.25) is 15.9 Å². The first-order chi connectivity index (χ1) is 15.4. The number of benzene rings is 1. The van der Waals surface area contributed by atoms with Gasteiger partial charge in [0.1, 0.15) is 10.7 Å². The molecule has 180 valence electrons. The molecule has 9 nitrogen and oxygen atoms in total. The van der Waals surface area contributed by atoms with Crippen molar-refractivity contribution in [1.82, 2.24) is 15.0 Å². The molecule has 1 aliphatic rings. The number of carbonyl (C=O) groups is 2. The minimum atomic E-state index is -5.08. The highest BCUT2D eigenvalue weighted by Gasteiger charge is 2.38. The molecular formula is C20H23F3N4O5S. The number of aromatic nitrogens is 1. The lowest BCUT2D eigenvalue weighted by molar-refractivity contribution is -0.192. The summed E-state index contributed by atoms with van der Waals surface area (Å²) in [4.78, 5) is 25.1. The third kappa shape index (κ3) is 8.11. The third-order valence-electron chi connectivity index (χ3n) is 4.60. The number of carboxylic acids is 1. The van der Waals surface area contributed by atoms with Crippen molar-refractivity contribution in [1.29, 1.82) is 0 Å². The van der Waals surface area contributed by atoms with Crippen LogP contribution in [0.25, 0.3) is 0 Å². The molecule has 2 heterocycles. The number of hydrogen-bond acceptors (Lipinski definition) is 6. The number of halogens is 3. The molecule has 0 radical (unpaired) electrons. The molecule has 2 atom stereocenters. The highest BCUT2D eigenvalue weighted by Crippen LogP contribution is 2.18. The van der Waals surface area contributed by atoms with Gasteiger partial charge in [0, 0.05) is 18.8 Å². The number of nitrogens with zero attached hydrogens (tertiary/aromatic N) is 1. The summed E-state index contributed by atoms with van der Waals surface area (Å²) in [6.45, 7) is 3.26. The highest BCUT2D eigenvalue weighted by molar-refractivity contribution is 7.89. The summed E-state index contributed by atoms with van der Waals surface area (Å²) in [5, 5.41) is 13.0. The smallest absolute Gasteiger partial charge is 0.475 e. The number of hydrogen-bond donors (Lipinski definition) is 4. The van der Waals surface area contributed by atoms with Crippen molar-refractivity contribution in [3.8, 4) is 0 Å². The van der Waals surface area contributed by atoms with Gasteiger partial charge in [-0.15, -0.1) is 0 Å². The average Bonchev–Trinajstić information content (AvgIpc) is 3.29. The predicted octanol–water partition coefficient (Wildman–Crippen LogP) is 2.30. The van der Waals surface area contributed by atoms with Crippen LogP contribution in [0.4, 0.5) is 19.0 Å². The predicted molar refractivity (Wildman–Crippen MR) is 113 cm³/mol. The molecule has 0 saturated carbocycles. The lowest BCUT2D eigenvalue weighted by Gasteiger charge is -2.15. The number of carboxylic acid groups (broad SMARTS) is 1. The summed E-state index contributed by atoms with van der Waals surface area (Å²) in [7, 11) is -3.70. The van der Waals surface area contributed by atoms with Gasteiger partial charge < -0.3 is 15.7 Å². The first-order valence-corrected chi connectivity index (χ1v) is 11.2. The van der Waals surface area contributed by atoms with Crippen LogP contribution in [0, 0.1) is 5.92 Å². The summed E-state index contributed by atoms with van der Waals surface area (Å²) in [5.41, 5.74) is 0.873. The molecule has 0 spiro atoms. The Hall–Kier alpha value is -3.03. The molecule has 1 aromatic heterocycles. The van der Waals surface area contributed by atoms with Crippen LogP contribution < -0.4 is 15.4 Å². The van der Waals surface area contributed by atoms with E-state index in [1.165, 1.54) is 18.3 Å². The van der Waals surface area contributed by atoms with Crippen LogP contribution in [-0.4, -0.2) is 49.7 Å². The van der Waals surface area contributed by atoms with E-state index < -0.39 is 22.2 Å². The Labute approximate surface area is 188 Å². The lowest BCUT2D eigenvalue weighted by Crippen LogP contribution is -2.27. The largest absolute Gasteiger partial charge is 0.490 e. The van der Waals surface area contributed by atoms with Crippen LogP contribution in [0.2, 0.25) is 0 Å². The number of nitrogens with one attached hydrogen (secondary N) is 3. The van der Waals surface area contributed by atoms with Crippen LogP contribution in [-0.2, 0) is 19.6 Å². The monoisotopic (exact) mass is 488 g/mol. The number of amides is 1. The van der Waals surface area contributed by atoms with E-state index >= 15 is 0 Å². The molecule has 1 aromatic carbocycles. The number of anilines is 1. The molecule has 4 N–H and O–H groups in total. The first-order valence-electron chi connectivity index (χ1n) is 9.75. The summed E-state index contributed by atoms with van der Waals surface area (Å²) in [6, 6.07) is 11.9. The fourth-order valence-corrected chi connectivity index (χ4v) is 4.01. The zero-order valence-electron chi connectivity index (χ0n) is 17.5. The summed E-state index contributed by atoms with van der Waals surface area (Å²) < 4.78 is 59.4. The maximum Gasteiger partial charge on any atom is 0.490 e. The Morgan fingerprint density at radius 1 is 1.18 bits per heavy atom. The van der Waals surface area contributed by atoms with E-state index in [1.54, 1.807) is 6.92 Å². The number of alkyl halides is 3. The SMILES string of the molecule is CC(NS(=O)(=O)c1ccc(NC(=O)[C@H]2CCNC2)nc1)c1ccccc1.O=C(O)C(F)(F)F. The van der Waals surface area contributed by atoms with Gasteiger partial charge in [-0.2, -0.15) is 13.2 Å². The van der Waals surface area contributed by atoms with Gasteiger partial charge in [0.15, 0.2) is 0 Å². The van der Waals surface area contributed by atoms with E-state index in [4.69, 9.17) is 9.90 Å². The van der Waals surface area contributed by atoms with Gasteiger partial charge in [0.25, 0.3) is 0 Å². The molecule has 0 bridgehead atoms. The normalized spacial score (nSPS) is 16.9. The quantitative estimate of drug-likeness (QED) is 0.490. The maximum atomic E-state index is 12.5. The number of sulfonamides is 1. The number of carbonyl (C=O) groups excluding carboxylic acids is 1. The van der Waals surface area contributed by atoms with Crippen LogP contribution in [0.1, 0.15) is 24.9 Å². The topological polar surface area (TPSA) is 137 Å². The summed E-state index contributed by atoms with van der Waals surface area (Å²) in [5.74, 6) is -2.59. The van der Waals surface area contributed by atoms with Crippen molar-refractivity contribution in [2.45, 2.75) is 30.5 Å². The van der Waals surface area contributed by atoms with E-state index in [-0.39, 0.29) is 22.8 Å². The molecule has 13 heteroatoms. The molecule has 1 fully saturated rings. The molecule has 0 aliphatic carbocycles. The number of pyridine rings is 1. The van der Waals surface area contributed by atoms with Gasteiger partial charge in [-0.05, 0) is 37.6 Å². The van der Waals surface area contributed by atoms with E-state index in [1.807, 2.05) is 30.3 Å². The van der Waals surface area contributed by atoms with Gasteiger partial charge in [0.05, 0.1) is 5.92 Å². The van der Waals surface area contributed by atoms with Crippen LogP contribution in [0.15, 0.2) is 53.6 Å². The summed E-state index contributed by atoms with van der Waals surface area (Å²) >= 11 is 0. The van der Waals surface area contributed by atoms with Gasteiger partial charge in [-0.3, -0.25) is 4.79 Å². The van der Waals surface area contributed by atoms with E-state index in [0.29, 0.717) is 12.4 Å². The number of rotatable bonds is 6. The molecule has 33 heavy (non-hydrogen) atoms. The van der Waals surface area contributed by atoms with Crippen molar-refractivity contribution in [2.24, 2.45) is 5.92 Å². The average molecular weight is 488 g/mol. The van der Waals surface area contributed by atoms with Crippen LogP contribution >= 0.6 is 0 Å². The molecule has 3 rings (SSSR count). The Morgan fingerprint density at radius 2 is 1.82 bits per heavy atom. The second kappa shape index (κ2) is 11.2. The van der Waals surface area contributed by atoms with E-state index in [2.05, 4.69) is 20.3 Å². The lowest BCUT2D eigenvalue weighted by atomic mass is 10.1. The minimum absolute atomic E-state index is 0.0563. The summed E-state index contributed by atoms with van der Waals surface area (Å²) in [6.07, 6.45) is -3.04. The third-order valence-corrected chi connectivity index (χ3v) is 6.13. The molecule has 2 aromatic rings. The fourth-order valence-electron chi connectivity index (χ4n) is 2.83. The van der Waals surface area contributed by atoms with Gasteiger partial charge in [-0.25, -0.2) is 22.9 Å². The first kappa shape index (κ1) is 26.2. The molecule has 1 amide bonds. The van der Waals surface area contributed by atoms with Crippen molar-refractivity contribution < 1.29 is 36.3 Å². The van der Waals surface area contributed by atoms with Crippen molar-refractivity contribution in [3.63, 3.8) is 0 Å². The van der Waals surface area contributed by atoms with E-state index in [9.17, 15) is 26.4 Å².